The molecule has 0 saturated carbocycles. The average Bonchev–Trinajstić information content (AvgIpc) is 3.21. The van der Waals surface area contributed by atoms with Gasteiger partial charge in [-0.25, -0.2) is 12.8 Å². The SMILES string of the molecule is Cc1ccc(F)cc1NC(=O)c1sccc1S(=O)(=O)N1CCc2ccccc2C1. The maximum Gasteiger partial charge on any atom is 0.267 e. The van der Waals surface area contributed by atoms with Crippen LogP contribution in [0.2, 0.25) is 0 Å². The Morgan fingerprint density at radius 3 is 2.69 bits per heavy atom. The molecule has 1 N–H and O–H groups in total. The third-order valence-electron chi connectivity index (χ3n) is 5.00. The standard InChI is InChI=1S/C21H19FN2O3S2/c1-14-6-7-17(22)12-18(14)23-21(25)20-19(9-11-28-20)29(26,27)24-10-8-15-4-2-3-5-16(15)13-24/h2-7,9,11-12H,8,10,13H2,1H3,(H,23,25). The molecule has 1 amide bonds. The van der Waals surface area contributed by atoms with Crippen LogP contribution in [0.1, 0.15) is 26.4 Å². The van der Waals surface area contributed by atoms with Crippen LogP contribution >= 0.6 is 11.3 Å². The Labute approximate surface area is 172 Å². The molecule has 0 atom stereocenters. The van der Waals surface area contributed by atoms with E-state index in [1.165, 1.54) is 22.5 Å². The number of aryl methyl sites for hydroxylation is 1. The van der Waals surface area contributed by atoms with Gasteiger partial charge in [-0.05, 0) is 53.6 Å². The second-order valence-corrected chi connectivity index (χ2v) is 9.71. The Bertz CT molecular complexity index is 1190. The van der Waals surface area contributed by atoms with Gasteiger partial charge in [0.05, 0.1) is 0 Å². The summed E-state index contributed by atoms with van der Waals surface area (Å²) in [4.78, 5) is 12.9. The van der Waals surface area contributed by atoms with E-state index < -0.39 is 21.7 Å². The maximum atomic E-state index is 13.5. The Balaban J connectivity index is 1.61. The fraction of sp³-hybridized carbons (Fsp3) is 0.190. The molecule has 0 saturated heterocycles. The molecule has 0 unspecified atom stereocenters. The van der Waals surface area contributed by atoms with E-state index in [0.29, 0.717) is 24.2 Å². The topological polar surface area (TPSA) is 66.5 Å². The van der Waals surface area contributed by atoms with Gasteiger partial charge in [0, 0.05) is 18.8 Å². The van der Waals surface area contributed by atoms with Gasteiger partial charge in [0.1, 0.15) is 15.6 Å². The molecule has 1 aliphatic rings. The Morgan fingerprint density at radius 1 is 1.14 bits per heavy atom. The van der Waals surface area contributed by atoms with E-state index >= 15 is 0 Å². The number of thiophene rings is 1. The van der Waals surface area contributed by atoms with Crippen molar-refractivity contribution in [2.75, 3.05) is 11.9 Å². The Morgan fingerprint density at radius 2 is 1.90 bits per heavy atom. The average molecular weight is 431 g/mol. The van der Waals surface area contributed by atoms with Crippen molar-refractivity contribution >= 4 is 33.0 Å². The van der Waals surface area contributed by atoms with Crippen molar-refractivity contribution in [1.29, 1.82) is 0 Å². The fourth-order valence-corrected chi connectivity index (χ4v) is 6.10. The lowest BCUT2D eigenvalue weighted by Crippen LogP contribution is -2.36. The molecule has 3 aromatic rings. The molecule has 5 nitrogen and oxygen atoms in total. The fourth-order valence-electron chi connectivity index (χ4n) is 3.39. The molecule has 0 bridgehead atoms. The summed E-state index contributed by atoms with van der Waals surface area (Å²) in [5, 5.41) is 4.21. The number of hydrogen-bond donors (Lipinski definition) is 1. The zero-order valence-electron chi connectivity index (χ0n) is 15.7. The minimum absolute atomic E-state index is 0.0200. The molecule has 0 radical (unpaired) electrons. The summed E-state index contributed by atoms with van der Waals surface area (Å²) >= 11 is 1.05. The van der Waals surface area contributed by atoms with Gasteiger partial charge in [-0.2, -0.15) is 4.31 Å². The third-order valence-corrected chi connectivity index (χ3v) is 7.93. The van der Waals surface area contributed by atoms with E-state index in [9.17, 15) is 17.6 Å². The number of rotatable bonds is 4. The number of carbonyl (C=O) groups is 1. The predicted octanol–water partition coefficient (Wildman–Crippen LogP) is 4.19. The van der Waals surface area contributed by atoms with Crippen LogP contribution in [0, 0.1) is 12.7 Å². The van der Waals surface area contributed by atoms with E-state index in [1.54, 1.807) is 18.4 Å². The molecule has 2 heterocycles. The van der Waals surface area contributed by atoms with Crippen molar-refractivity contribution in [3.05, 3.63) is 81.3 Å². The number of nitrogens with one attached hydrogen (secondary N) is 1. The number of hydrogen-bond acceptors (Lipinski definition) is 4. The first kappa shape index (κ1) is 19.8. The van der Waals surface area contributed by atoms with Gasteiger partial charge in [-0.1, -0.05) is 30.3 Å². The number of anilines is 1. The summed E-state index contributed by atoms with van der Waals surface area (Å²) in [5.41, 5.74) is 3.12. The minimum atomic E-state index is -3.84. The van der Waals surface area contributed by atoms with Crippen molar-refractivity contribution in [2.24, 2.45) is 0 Å². The molecule has 0 aliphatic carbocycles. The zero-order chi connectivity index (χ0) is 20.6. The first-order valence-electron chi connectivity index (χ1n) is 9.08. The zero-order valence-corrected chi connectivity index (χ0v) is 17.3. The van der Waals surface area contributed by atoms with Crippen molar-refractivity contribution in [1.82, 2.24) is 4.31 Å². The molecular weight excluding hydrogens is 411 g/mol. The number of carbonyl (C=O) groups excluding carboxylic acids is 1. The smallest absolute Gasteiger partial charge is 0.267 e. The van der Waals surface area contributed by atoms with Crippen molar-refractivity contribution < 1.29 is 17.6 Å². The van der Waals surface area contributed by atoms with Gasteiger partial charge in [-0.3, -0.25) is 4.79 Å². The molecule has 29 heavy (non-hydrogen) atoms. The highest BCUT2D eigenvalue weighted by molar-refractivity contribution is 7.89. The van der Waals surface area contributed by atoms with Gasteiger partial charge in [0.2, 0.25) is 10.0 Å². The highest BCUT2D eigenvalue weighted by Crippen LogP contribution is 2.30. The van der Waals surface area contributed by atoms with Crippen molar-refractivity contribution in [3.8, 4) is 0 Å². The summed E-state index contributed by atoms with van der Waals surface area (Å²) in [5.74, 6) is -1.04. The van der Waals surface area contributed by atoms with E-state index in [0.717, 1.165) is 22.5 Å². The quantitative estimate of drug-likeness (QED) is 0.675. The number of benzene rings is 2. The molecule has 4 rings (SSSR count). The van der Waals surface area contributed by atoms with E-state index in [2.05, 4.69) is 5.32 Å². The molecular formula is C21H19FN2O3S2. The molecule has 8 heteroatoms. The molecule has 0 fully saturated rings. The highest BCUT2D eigenvalue weighted by Gasteiger charge is 2.32. The first-order chi connectivity index (χ1) is 13.9. The number of sulfonamides is 1. The summed E-state index contributed by atoms with van der Waals surface area (Å²) in [6, 6.07) is 13.3. The number of fused-ring (bicyclic) bond motifs is 1. The van der Waals surface area contributed by atoms with Crippen LogP contribution in [0.25, 0.3) is 0 Å². The first-order valence-corrected chi connectivity index (χ1v) is 11.4. The van der Waals surface area contributed by atoms with Crippen molar-refractivity contribution in [2.45, 2.75) is 24.8 Å². The minimum Gasteiger partial charge on any atom is -0.321 e. The summed E-state index contributed by atoms with van der Waals surface area (Å²) in [6.45, 7) is 2.38. The second-order valence-electron chi connectivity index (χ2n) is 6.88. The number of halogens is 1. The van der Waals surface area contributed by atoms with Gasteiger partial charge in [0.25, 0.3) is 5.91 Å². The van der Waals surface area contributed by atoms with Crippen LogP contribution in [0.3, 0.4) is 0 Å². The van der Waals surface area contributed by atoms with Crippen LogP contribution in [0.5, 0.6) is 0 Å². The number of amides is 1. The van der Waals surface area contributed by atoms with Crippen LogP contribution in [-0.2, 0) is 23.0 Å². The van der Waals surface area contributed by atoms with Crippen molar-refractivity contribution in [3.63, 3.8) is 0 Å². The molecule has 0 spiro atoms. The molecule has 2 aromatic carbocycles. The van der Waals surface area contributed by atoms with Crippen LogP contribution in [0.4, 0.5) is 10.1 Å². The monoisotopic (exact) mass is 430 g/mol. The highest BCUT2D eigenvalue weighted by atomic mass is 32.2. The lowest BCUT2D eigenvalue weighted by molar-refractivity contribution is 0.102. The second kappa shape index (κ2) is 7.70. The lowest BCUT2D eigenvalue weighted by Gasteiger charge is -2.28. The van der Waals surface area contributed by atoms with Gasteiger partial charge in [0.15, 0.2) is 0 Å². The third kappa shape index (κ3) is 3.83. The summed E-state index contributed by atoms with van der Waals surface area (Å²) in [6.07, 6.45) is 0.629. The van der Waals surface area contributed by atoms with E-state index in [1.807, 2.05) is 24.3 Å². The number of nitrogens with zero attached hydrogens (tertiary/aromatic N) is 1. The molecule has 1 aliphatic heterocycles. The van der Waals surface area contributed by atoms with Crippen LogP contribution in [-0.4, -0.2) is 25.2 Å². The molecule has 1 aromatic heterocycles. The Kier molecular flexibility index (Phi) is 5.24. The van der Waals surface area contributed by atoms with Gasteiger partial charge in [-0.15, -0.1) is 11.3 Å². The molecule has 150 valence electrons. The van der Waals surface area contributed by atoms with E-state index in [-0.39, 0.29) is 16.3 Å². The van der Waals surface area contributed by atoms with Gasteiger partial charge >= 0.3 is 0 Å². The normalized spacial score (nSPS) is 14.4. The predicted molar refractivity (Wildman–Crippen MR) is 111 cm³/mol. The van der Waals surface area contributed by atoms with Crippen LogP contribution < -0.4 is 5.32 Å². The lowest BCUT2D eigenvalue weighted by atomic mass is 10.0. The largest absolute Gasteiger partial charge is 0.321 e. The summed E-state index contributed by atoms with van der Waals surface area (Å²) in [7, 11) is -3.84. The van der Waals surface area contributed by atoms with E-state index in [4.69, 9.17) is 0 Å². The maximum absolute atomic E-state index is 13.5. The Hall–Kier alpha value is -2.55. The van der Waals surface area contributed by atoms with Gasteiger partial charge < -0.3 is 5.32 Å². The summed E-state index contributed by atoms with van der Waals surface area (Å²) < 4.78 is 41.4. The van der Waals surface area contributed by atoms with Crippen LogP contribution in [0.15, 0.2) is 58.8 Å².